The third kappa shape index (κ3) is 1.54. The Bertz CT molecular complexity index is 388. The second-order valence-electron chi connectivity index (χ2n) is 3.36. The van der Waals surface area contributed by atoms with Crippen LogP contribution in [0, 0.1) is 6.92 Å². The van der Waals surface area contributed by atoms with Crippen molar-refractivity contribution in [1.29, 1.82) is 0 Å². The second kappa shape index (κ2) is 3.55. The van der Waals surface area contributed by atoms with Crippen molar-refractivity contribution in [2.45, 2.75) is 19.9 Å². The van der Waals surface area contributed by atoms with Crippen molar-refractivity contribution in [3.8, 4) is 0 Å². The number of rotatable bonds is 0. The Morgan fingerprint density at radius 2 is 2.36 bits per heavy atom. The Morgan fingerprint density at radius 1 is 1.64 bits per heavy atom. The van der Waals surface area contributed by atoms with E-state index in [1.165, 1.54) is 20.9 Å². The van der Waals surface area contributed by atoms with E-state index < -0.39 is 6.09 Å². The molecule has 2 heterocycles. The van der Waals surface area contributed by atoms with Crippen molar-refractivity contribution >= 4 is 33.4 Å². The number of fused-ring (bicyclic) bond motifs is 1. The molecule has 0 unspecified atom stereocenters. The van der Waals surface area contributed by atoms with E-state index in [0.717, 1.165) is 10.2 Å². The first-order valence-electron chi connectivity index (χ1n) is 4.34. The summed E-state index contributed by atoms with van der Waals surface area (Å²) >= 11 is 5.21. The first-order valence-corrected chi connectivity index (χ1v) is 5.95. The average Bonchev–Trinajstić information content (AvgIpc) is 2.43. The summed E-state index contributed by atoms with van der Waals surface area (Å²) in [6.45, 7) is 3.19. The number of thiophene rings is 1. The molecule has 0 saturated carbocycles. The number of hydrogen-bond donors (Lipinski definition) is 1. The Morgan fingerprint density at radius 3 is 3.00 bits per heavy atom. The van der Waals surface area contributed by atoms with Gasteiger partial charge in [-0.15, -0.1) is 11.3 Å². The summed E-state index contributed by atoms with van der Waals surface area (Å²) < 4.78 is 1.13. The molecule has 1 aromatic rings. The Balaban J connectivity index is 2.33. The van der Waals surface area contributed by atoms with Gasteiger partial charge >= 0.3 is 6.09 Å². The maximum atomic E-state index is 10.8. The van der Waals surface area contributed by atoms with Gasteiger partial charge in [-0.3, -0.25) is 0 Å². The van der Waals surface area contributed by atoms with Crippen LogP contribution in [0.15, 0.2) is 3.79 Å². The van der Waals surface area contributed by atoms with Gasteiger partial charge in [0, 0.05) is 11.4 Å². The molecule has 76 valence electrons. The molecule has 1 N–H and O–H groups in total. The molecule has 0 bridgehead atoms. The van der Waals surface area contributed by atoms with Crippen LogP contribution in [0.5, 0.6) is 0 Å². The standard InChI is InChI=1S/C9H10BrNO2S/c1-5-6-4-11(9(12)13)3-2-7(6)14-8(5)10/h2-4H2,1H3,(H,12,13). The van der Waals surface area contributed by atoms with Crippen LogP contribution < -0.4 is 0 Å². The highest BCUT2D eigenvalue weighted by molar-refractivity contribution is 9.11. The van der Waals surface area contributed by atoms with E-state index >= 15 is 0 Å². The molecule has 14 heavy (non-hydrogen) atoms. The lowest BCUT2D eigenvalue weighted by molar-refractivity contribution is 0.140. The molecule has 0 fully saturated rings. The lowest BCUT2D eigenvalue weighted by Gasteiger charge is -2.24. The van der Waals surface area contributed by atoms with Gasteiger partial charge in [0.25, 0.3) is 0 Å². The molecule has 0 aromatic carbocycles. The van der Waals surface area contributed by atoms with Crippen molar-refractivity contribution in [3.05, 3.63) is 19.8 Å². The van der Waals surface area contributed by atoms with Crippen LogP contribution in [0.3, 0.4) is 0 Å². The Labute approximate surface area is 94.5 Å². The molecule has 0 atom stereocenters. The minimum absolute atomic E-state index is 0.540. The van der Waals surface area contributed by atoms with Gasteiger partial charge in [0.05, 0.1) is 10.3 Å². The zero-order chi connectivity index (χ0) is 10.3. The van der Waals surface area contributed by atoms with Crippen LogP contribution in [0.2, 0.25) is 0 Å². The first-order chi connectivity index (χ1) is 6.59. The van der Waals surface area contributed by atoms with Crippen LogP contribution in [-0.2, 0) is 13.0 Å². The third-order valence-electron chi connectivity index (χ3n) is 2.53. The predicted octanol–water partition coefficient (Wildman–Crippen LogP) is 2.86. The topological polar surface area (TPSA) is 40.5 Å². The highest BCUT2D eigenvalue weighted by Gasteiger charge is 2.24. The molecule has 5 heteroatoms. The van der Waals surface area contributed by atoms with Crippen molar-refractivity contribution in [3.63, 3.8) is 0 Å². The summed E-state index contributed by atoms with van der Waals surface area (Å²) in [5.41, 5.74) is 2.38. The van der Waals surface area contributed by atoms with Gasteiger partial charge in [0.15, 0.2) is 0 Å². The molecule has 1 aliphatic rings. The molecule has 3 nitrogen and oxygen atoms in total. The summed E-state index contributed by atoms with van der Waals surface area (Å²) in [5.74, 6) is 0. The van der Waals surface area contributed by atoms with Crippen LogP contribution >= 0.6 is 27.3 Å². The van der Waals surface area contributed by atoms with Crippen LogP contribution in [0.25, 0.3) is 0 Å². The monoisotopic (exact) mass is 275 g/mol. The van der Waals surface area contributed by atoms with Crippen molar-refractivity contribution in [2.24, 2.45) is 0 Å². The number of nitrogens with zero attached hydrogens (tertiary/aromatic N) is 1. The van der Waals surface area contributed by atoms with Crippen LogP contribution in [0.1, 0.15) is 16.0 Å². The van der Waals surface area contributed by atoms with Gasteiger partial charge in [-0.25, -0.2) is 4.79 Å². The fourth-order valence-corrected chi connectivity index (χ4v) is 3.50. The summed E-state index contributed by atoms with van der Waals surface area (Å²) in [6.07, 6.45) is 0.0241. The fourth-order valence-electron chi connectivity index (χ4n) is 1.65. The van der Waals surface area contributed by atoms with Crippen molar-refractivity contribution < 1.29 is 9.90 Å². The lowest BCUT2D eigenvalue weighted by Crippen LogP contribution is -2.34. The summed E-state index contributed by atoms with van der Waals surface area (Å²) in [4.78, 5) is 13.6. The minimum atomic E-state index is -0.822. The molecular weight excluding hydrogens is 266 g/mol. The lowest BCUT2D eigenvalue weighted by atomic mass is 10.1. The highest BCUT2D eigenvalue weighted by atomic mass is 79.9. The molecule has 0 saturated heterocycles. The number of carbonyl (C=O) groups is 1. The normalized spacial score (nSPS) is 15.4. The van der Waals surface area contributed by atoms with E-state index in [1.807, 2.05) is 6.92 Å². The molecule has 0 spiro atoms. The van der Waals surface area contributed by atoms with E-state index in [2.05, 4.69) is 15.9 Å². The zero-order valence-corrected chi connectivity index (χ0v) is 10.1. The number of halogens is 1. The van der Waals surface area contributed by atoms with E-state index in [4.69, 9.17) is 5.11 Å². The SMILES string of the molecule is Cc1c(Br)sc2c1CN(C(=O)O)CC2. The Kier molecular flexibility index (Phi) is 2.53. The quantitative estimate of drug-likeness (QED) is 0.791. The number of carboxylic acid groups (broad SMARTS) is 1. The zero-order valence-electron chi connectivity index (χ0n) is 7.71. The predicted molar refractivity (Wildman–Crippen MR) is 58.9 cm³/mol. The fraction of sp³-hybridized carbons (Fsp3) is 0.444. The molecule has 0 aliphatic carbocycles. The molecule has 2 rings (SSSR count). The summed E-state index contributed by atoms with van der Waals surface area (Å²) in [6, 6.07) is 0. The molecule has 0 radical (unpaired) electrons. The first kappa shape index (κ1) is 9.98. The van der Waals surface area contributed by atoms with Gasteiger partial charge < -0.3 is 10.0 Å². The molecule has 1 aliphatic heterocycles. The maximum Gasteiger partial charge on any atom is 0.407 e. The molecule has 1 amide bonds. The largest absolute Gasteiger partial charge is 0.465 e. The highest BCUT2D eigenvalue weighted by Crippen LogP contribution is 2.35. The summed E-state index contributed by atoms with van der Waals surface area (Å²) in [5, 5.41) is 8.88. The van der Waals surface area contributed by atoms with E-state index in [-0.39, 0.29) is 0 Å². The van der Waals surface area contributed by atoms with Gasteiger partial charge in [-0.05, 0) is 40.4 Å². The molecular formula is C9H10BrNO2S. The Hall–Kier alpha value is -0.550. The van der Waals surface area contributed by atoms with Gasteiger partial charge in [-0.1, -0.05) is 0 Å². The maximum absolute atomic E-state index is 10.8. The van der Waals surface area contributed by atoms with Gasteiger partial charge in [0.1, 0.15) is 0 Å². The van der Waals surface area contributed by atoms with Crippen molar-refractivity contribution in [2.75, 3.05) is 6.54 Å². The van der Waals surface area contributed by atoms with E-state index in [1.54, 1.807) is 11.3 Å². The summed E-state index contributed by atoms with van der Waals surface area (Å²) in [7, 11) is 0. The second-order valence-corrected chi connectivity index (χ2v) is 5.78. The molecule has 1 aromatic heterocycles. The number of hydrogen-bond acceptors (Lipinski definition) is 2. The van der Waals surface area contributed by atoms with Gasteiger partial charge in [-0.2, -0.15) is 0 Å². The van der Waals surface area contributed by atoms with E-state index in [0.29, 0.717) is 13.1 Å². The third-order valence-corrected chi connectivity index (χ3v) is 4.79. The number of amides is 1. The van der Waals surface area contributed by atoms with Crippen molar-refractivity contribution in [1.82, 2.24) is 4.90 Å². The average molecular weight is 276 g/mol. The van der Waals surface area contributed by atoms with Crippen LogP contribution in [0.4, 0.5) is 4.79 Å². The minimum Gasteiger partial charge on any atom is -0.465 e. The van der Waals surface area contributed by atoms with E-state index in [9.17, 15) is 4.79 Å². The smallest absolute Gasteiger partial charge is 0.407 e. The van der Waals surface area contributed by atoms with Gasteiger partial charge in [0.2, 0.25) is 0 Å². The van der Waals surface area contributed by atoms with Crippen LogP contribution in [-0.4, -0.2) is 22.6 Å².